The van der Waals surface area contributed by atoms with Crippen LogP contribution in [0.25, 0.3) is 0 Å². The highest BCUT2D eigenvalue weighted by Crippen LogP contribution is 2.34. The first kappa shape index (κ1) is 20.9. The largest absolute Gasteiger partial charge is 0.490 e. The van der Waals surface area contributed by atoms with Gasteiger partial charge in [-0.3, -0.25) is 4.79 Å². The van der Waals surface area contributed by atoms with E-state index in [0.29, 0.717) is 36.2 Å². The fourth-order valence-electron chi connectivity index (χ4n) is 3.95. The van der Waals surface area contributed by atoms with E-state index >= 15 is 0 Å². The molecule has 2 aromatic rings. The first-order valence-electron chi connectivity index (χ1n) is 10.6. The number of carbonyl (C=O) groups excluding carboxylic acids is 1. The average Bonchev–Trinajstić information content (AvgIpc) is 3.08. The van der Waals surface area contributed by atoms with Gasteiger partial charge in [0.2, 0.25) is 16.1 Å². The van der Waals surface area contributed by atoms with Crippen LogP contribution in [0.3, 0.4) is 0 Å². The fraction of sp³-hybridized carbons (Fsp3) is 0.409. The minimum Gasteiger partial charge on any atom is -0.490 e. The molecule has 0 N–H and O–H groups in total. The molecule has 0 aliphatic carbocycles. The summed E-state index contributed by atoms with van der Waals surface area (Å²) in [5.41, 5.74) is 0. The predicted molar refractivity (Wildman–Crippen MR) is 114 cm³/mol. The maximum Gasteiger partial charge on any atom is 0.267 e. The number of sulfonamides is 1. The molecule has 0 bridgehead atoms. The van der Waals surface area contributed by atoms with Crippen molar-refractivity contribution in [2.45, 2.75) is 17.4 Å². The summed E-state index contributed by atoms with van der Waals surface area (Å²) in [5, 5.41) is 0. The van der Waals surface area contributed by atoms with E-state index in [4.69, 9.17) is 18.9 Å². The number of fused-ring (bicyclic) bond motifs is 2. The summed E-state index contributed by atoms with van der Waals surface area (Å²) in [6.45, 7) is 2.12. The van der Waals surface area contributed by atoms with Gasteiger partial charge in [0.1, 0.15) is 6.61 Å². The SMILES string of the molecule is O=C([C@@H]1COc2ccccc2O1)N1CCN(S(=O)(=O)c2ccc3c(c2)OCCCO3)CC1. The summed E-state index contributed by atoms with van der Waals surface area (Å²) in [4.78, 5) is 14.7. The van der Waals surface area contributed by atoms with Crippen LogP contribution in [0, 0.1) is 0 Å². The van der Waals surface area contributed by atoms with Crippen LogP contribution in [0.2, 0.25) is 0 Å². The molecule has 0 radical (unpaired) electrons. The van der Waals surface area contributed by atoms with E-state index in [1.807, 2.05) is 12.1 Å². The van der Waals surface area contributed by atoms with Gasteiger partial charge in [0.25, 0.3) is 5.91 Å². The second kappa shape index (κ2) is 8.51. The molecule has 170 valence electrons. The van der Waals surface area contributed by atoms with Gasteiger partial charge in [-0.05, 0) is 24.3 Å². The quantitative estimate of drug-likeness (QED) is 0.686. The Kier molecular flexibility index (Phi) is 5.56. The van der Waals surface area contributed by atoms with Crippen LogP contribution in [0.1, 0.15) is 6.42 Å². The zero-order valence-electron chi connectivity index (χ0n) is 17.4. The molecule has 0 aromatic heterocycles. The average molecular weight is 461 g/mol. The van der Waals surface area contributed by atoms with Crippen LogP contribution in [-0.2, 0) is 14.8 Å². The van der Waals surface area contributed by atoms with E-state index in [1.165, 1.54) is 16.4 Å². The first-order valence-corrected chi connectivity index (χ1v) is 12.0. The van der Waals surface area contributed by atoms with Crippen molar-refractivity contribution in [2.24, 2.45) is 0 Å². The van der Waals surface area contributed by atoms with Gasteiger partial charge in [0, 0.05) is 38.7 Å². The van der Waals surface area contributed by atoms with Gasteiger partial charge in [-0.2, -0.15) is 4.31 Å². The lowest BCUT2D eigenvalue weighted by Crippen LogP contribution is -2.55. The molecule has 2 aromatic carbocycles. The maximum atomic E-state index is 13.2. The topological polar surface area (TPSA) is 94.6 Å². The van der Waals surface area contributed by atoms with Crippen molar-refractivity contribution in [3.8, 4) is 23.0 Å². The lowest BCUT2D eigenvalue weighted by Gasteiger charge is -2.36. The van der Waals surface area contributed by atoms with Crippen molar-refractivity contribution >= 4 is 15.9 Å². The molecule has 0 saturated carbocycles. The van der Waals surface area contributed by atoms with Gasteiger partial charge < -0.3 is 23.8 Å². The third-order valence-electron chi connectivity index (χ3n) is 5.69. The van der Waals surface area contributed by atoms with Gasteiger partial charge in [0.05, 0.1) is 18.1 Å². The Labute approximate surface area is 186 Å². The Balaban J connectivity index is 1.23. The van der Waals surface area contributed by atoms with Crippen LogP contribution in [0.5, 0.6) is 23.0 Å². The number of hydrogen-bond donors (Lipinski definition) is 0. The van der Waals surface area contributed by atoms with E-state index in [-0.39, 0.29) is 43.6 Å². The predicted octanol–water partition coefficient (Wildman–Crippen LogP) is 1.52. The molecule has 5 rings (SSSR count). The number of carbonyl (C=O) groups is 1. The number of rotatable bonds is 3. The monoisotopic (exact) mass is 460 g/mol. The Morgan fingerprint density at radius 2 is 1.53 bits per heavy atom. The van der Waals surface area contributed by atoms with Gasteiger partial charge in [-0.1, -0.05) is 12.1 Å². The van der Waals surface area contributed by atoms with Crippen LogP contribution in [-0.4, -0.2) is 75.6 Å². The van der Waals surface area contributed by atoms with E-state index in [9.17, 15) is 13.2 Å². The molecule has 3 aliphatic heterocycles. The smallest absolute Gasteiger partial charge is 0.267 e. The van der Waals surface area contributed by atoms with Crippen LogP contribution < -0.4 is 18.9 Å². The van der Waals surface area contributed by atoms with Crippen molar-refractivity contribution in [3.63, 3.8) is 0 Å². The van der Waals surface area contributed by atoms with E-state index in [1.54, 1.807) is 23.1 Å². The number of amides is 1. The molecule has 9 nitrogen and oxygen atoms in total. The standard InChI is InChI=1S/C22H24N2O7S/c25-22(21-15-30-17-4-1-2-5-19(17)31-21)23-8-10-24(11-9-23)32(26,27)16-6-7-18-20(14-16)29-13-3-12-28-18/h1-2,4-7,14,21H,3,8-13,15H2/t21-/m0/s1. The van der Waals surface area contributed by atoms with Crippen molar-refractivity contribution in [3.05, 3.63) is 42.5 Å². The van der Waals surface area contributed by atoms with Crippen LogP contribution >= 0.6 is 0 Å². The Hall–Kier alpha value is -2.98. The molecule has 1 amide bonds. The van der Waals surface area contributed by atoms with Crippen LogP contribution in [0.4, 0.5) is 0 Å². The van der Waals surface area contributed by atoms with Crippen molar-refractivity contribution in [1.82, 2.24) is 9.21 Å². The number of hydrogen-bond acceptors (Lipinski definition) is 7. The normalized spacial score (nSPS) is 21.0. The van der Waals surface area contributed by atoms with Gasteiger partial charge in [0.15, 0.2) is 23.0 Å². The van der Waals surface area contributed by atoms with Crippen LogP contribution in [0.15, 0.2) is 47.4 Å². The second-order valence-electron chi connectivity index (χ2n) is 7.75. The summed E-state index contributed by atoms with van der Waals surface area (Å²) in [5.74, 6) is 1.93. The summed E-state index contributed by atoms with van der Waals surface area (Å²) in [6, 6.07) is 11.9. The Morgan fingerprint density at radius 1 is 0.844 bits per heavy atom. The third-order valence-corrected chi connectivity index (χ3v) is 7.59. The highest BCUT2D eigenvalue weighted by Gasteiger charge is 2.35. The van der Waals surface area contributed by atoms with Gasteiger partial charge >= 0.3 is 0 Å². The zero-order chi connectivity index (χ0) is 22.1. The molecule has 0 unspecified atom stereocenters. The minimum absolute atomic E-state index is 0.131. The van der Waals surface area contributed by atoms with E-state index in [2.05, 4.69) is 0 Å². The van der Waals surface area contributed by atoms with Crippen molar-refractivity contribution < 1.29 is 32.2 Å². The summed E-state index contributed by atoms with van der Waals surface area (Å²) in [6.07, 6.45) is 0.00319. The molecule has 1 atom stereocenters. The summed E-state index contributed by atoms with van der Waals surface area (Å²) in [7, 11) is -3.72. The second-order valence-corrected chi connectivity index (χ2v) is 9.69. The number of piperazine rings is 1. The molecule has 10 heteroatoms. The number of benzene rings is 2. The highest BCUT2D eigenvalue weighted by molar-refractivity contribution is 7.89. The maximum absolute atomic E-state index is 13.2. The van der Waals surface area contributed by atoms with Gasteiger partial charge in [-0.15, -0.1) is 0 Å². The van der Waals surface area contributed by atoms with E-state index in [0.717, 1.165) is 6.42 Å². The fourth-order valence-corrected chi connectivity index (χ4v) is 5.38. The molecule has 0 spiro atoms. The minimum atomic E-state index is -3.72. The van der Waals surface area contributed by atoms with Gasteiger partial charge in [-0.25, -0.2) is 8.42 Å². The summed E-state index contributed by atoms with van der Waals surface area (Å²) < 4.78 is 50.3. The first-order chi connectivity index (χ1) is 15.5. The molecule has 32 heavy (non-hydrogen) atoms. The molecule has 1 fully saturated rings. The highest BCUT2D eigenvalue weighted by atomic mass is 32.2. The Bertz CT molecular complexity index is 1110. The van der Waals surface area contributed by atoms with Crippen molar-refractivity contribution in [1.29, 1.82) is 0 Å². The third kappa shape index (κ3) is 3.95. The Morgan fingerprint density at radius 3 is 2.31 bits per heavy atom. The van der Waals surface area contributed by atoms with Crippen molar-refractivity contribution in [2.75, 3.05) is 46.0 Å². The number of ether oxygens (including phenoxy) is 4. The summed E-state index contributed by atoms with van der Waals surface area (Å²) >= 11 is 0. The molecule has 3 heterocycles. The lowest BCUT2D eigenvalue weighted by atomic mass is 10.2. The van der Waals surface area contributed by atoms with E-state index < -0.39 is 16.1 Å². The lowest BCUT2D eigenvalue weighted by molar-refractivity contribution is -0.142. The number of para-hydroxylation sites is 2. The molecular formula is C22H24N2O7S. The molecule has 3 aliphatic rings. The molecule has 1 saturated heterocycles. The zero-order valence-corrected chi connectivity index (χ0v) is 18.3. The number of nitrogens with zero attached hydrogens (tertiary/aromatic N) is 2. The molecular weight excluding hydrogens is 436 g/mol.